The Kier molecular flexibility index (Phi) is 5.58. The Morgan fingerprint density at radius 1 is 0.966 bits per heavy atom. The third-order valence-corrected chi connectivity index (χ3v) is 4.41. The van der Waals surface area contributed by atoms with Crippen LogP contribution in [0.25, 0.3) is 10.9 Å². The normalized spacial score (nSPS) is 10.6. The molecule has 0 spiro atoms. The zero-order chi connectivity index (χ0) is 21.1. The molecule has 0 atom stereocenters. The first-order valence-electron chi connectivity index (χ1n) is 8.61. The van der Waals surface area contributed by atoms with Crippen LogP contribution >= 0.6 is 0 Å². The number of rotatable bonds is 8. The Morgan fingerprint density at radius 2 is 1.62 bits per heavy atom. The number of hydrogen-bond donors (Lipinski definition) is 1. The molecule has 1 heterocycles. The van der Waals surface area contributed by atoms with Crippen molar-refractivity contribution in [1.82, 2.24) is 9.78 Å². The van der Waals surface area contributed by atoms with E-state index in [1.807, 2.05) is 0 Å². The highest BCUT2D eigenvalue weighted by Crippen LogP contribution is 2.39. The second kappa shape index (κ2) is 8.09. The van der Waals surface area contributed by atoms with Crippen molar-refractivity contribution in [2.75, 3.05) is 28.4 Å². The SMILES string of the molecule is COc1ccc2c(C(=O)c3cc(OC)c(OC)c(OC)c3)nn(CC(N)=O)c2c1. The second-order valence-electron chi connectivity index (χ2n) is 6.10. The molecule has 0 aliphatic heterocycles. The Hall–Kier alpha value is -3.75. The predicted octanol–water partition coefficient (Wildman–Crippen LogP) is 1.79. The average Bonchev–Trinajstić information content (AvgIpc) is 3.08. The van der Waals surface area contributed by atoms with Gasteiger partial charge in [-0.15, -0.1) is 0 Å². The third-order valence-electron chi connectivity index (χ3n) is 4.41. The molecule has 1 amide bonds. The Morgan fingerprint density at radius 3 is 2.14 bits per heavy atom. The Labute approximate surface area is 166 Å². The fourth-order valence-corrected chi connectivity index (χ4v) is 3.07. The highest BCUT2D eigenvalue weighted by molar-refractivity contribution is 6.15. The molecule has 152 valence electrons. The number of ketones is 1. The van der Waals surface area contributed by atoms with E-state index in [1.165, 1.54) is 33.1 Å². The number of carbonyl (C=O) groups is 2. The molecular formula is C20H21N3O6. The monoisotopic (exact) mass is 399 g/mol. The summed E-state index contributed by atoms with van der Waals surface area (Å²) in [4.78, 5) is 24.7. The van der Waals surface area contributed by atoms with E-state index in [1.54, 1.807) is 30.3 Å². The number of nitrogens with two attached hydrogens (primary N) is 1. The lowest BCUT2D eigenvalue weighted by Gasteiger charge is -2.13. The molecule has 3 aromatic rings. The van der Waals surface area contributed by atoms with E-state index in [2.05, 4.69) is 5.10 Å². The van der Waals surface area contributed by atoms with Gasteiger partial charge in [0.05, 0.1) is 34.0 Å². The van der Waals surface area contributed by atoms with Crippen molar-refractivity contribution in [2.45, 2.75) is 6.54 Å². The minimum absolute atomic E-state index is 0.165. The summed E-state index contributed by atoms with van der Waals surface area (Å²) in [6.45, 7) is -0.174. The lowest BCUT2D eigenvalue weighted by Crippen LogP contribution is -2.19. The van der Waals surface area contributed by atoms with Crippen LogP contribution < -0.4 is 24.7 Å². The number of amides is 1. The largest absolute Gasteiger partial charge is 0.497 e. The van der Waals surface area contributed by atoms with Crippen molar-refractivity contribution in [3.63, 3.8) is 0 Å². The maximum absolute atomic E-state index is 13.3. The number of primary amides is 1. The molecule has 29 heavy (non-hydrogen) atoms. The van der Waals surface area contributed by atoms with Gasteiger partial charge in [-0.3, -0.25) is 14.3 Å². The number of hydrogen-bond acceptors (Lipinski definition) is 7. The summed E-state index contributed by atoms with van der Waals surface area (Å²) in [5.41, 5.74) is 6.34. The second-order valence-corrected chi connectivity index (χ2v) is 6.10. The van der Waals surface area contributed by atoms with Crippen molar-refractivity contribution in [3.05, 3.63) is 41.6 Å². The van der Waals surface area contributed by atoms with Gasteiger partial charge in [-0.05, 0) is 24.3 Å². The first-order chi connectivity index (χ1) is 13.9. The van der Waals surface area contributed by atoms with Crippen molar-refractivity contribution >= 4 is 22.6 Å². The van der Waals surface area contributed by atoms with Crippen molar-refractivity contribution in [2.24, 2.45) is 5.73 Å². The summed E-state index contributed by atoms with van der Waals surface area (Å²) < 4.78 is 22.6. The fraction of sp³-hybridized carbons (Fsp3) is 0.250. The quantitative estimate of drug-likeness (QED) is 0.574. The first-order valence-corrected chi connectivity index (χ1v) is 8.61. The van der Waals surface area contributed by atoms with Crippen molar-refractivity contribution in [1.29, 1.82) is 0 Å². The standard InChI is InChI=1S/C20H21N3O6/c1-26-12-5-6-13-14(9-12)23(10-17(21)24)22-18(13)19(25)11-7-15(27-2)20(29-4)16(8-11)28-3/h5-9H,10H2,1-4H3,(H2,21,24). The molecule has 0 fully saturated rings. The molecule has 0 saturated carbocycles. The summed E-state index contributed by atoms with van der Waals surface area (Å²) in [5.74, 6) is 0.678. The van der Waals surface area contributed by atoms with E-state index in [4.69, 9.17) is 24.7 Å². The smallest absolute Gasteiger partial charge is 0.239 e. The van der Waals surface area contributed by atoms with Crippen molar-refractivity contribution < 1.29 is 28.5 Å². The zero-order valence-corrected chi connectivity index (χ0v) is 16.5. The van der Waals surface area contributed by atoms with Crippen LogP contribution in [0.3, 0.4) is 0 Å². The van der Waals surface area contributed by atoms with Crippen LogP contribution in [0, 0.1) is 0 Å². The molecular weight excluding hydrogens is 378 g/mol. The summed E-state index contributed by atoms with van der Waals surface area (Å²) in [7, 11) is 5.94. The Balaban J connectivity index is 2.18. The number of ether oxygens (including phenoxy) is 4. The van der Waals surface area contributed by atoms with E-state index in [0.717, 1.165) is 0 Å². The number of fused-ring (bicyclic) bond motifs is 1. The summed E-state index contributed by atoms with van der Waals surface area (Å²) in [6.07, 6.45) is 0. The average molecular weight is 399 g/mol. The number of nitrogens with zero attached hydrogens (tertiary/aromatic N) is 2. The number of methoxy groups -OCH3 is 4. The molecule has 2 aromatic carbocycles. The molecule has 0 aliphatic rings. The lowest BCUT2D eigenvalue weighted by molar-refractivity contribution is -0.118. The van der Waals surface area contributed by atoms with Crippen LogP contribution in [-0.4, -0.2) is 49.9 Å². The molecule has 0 saturated heterocycles. The van der Waals surface area contributed by atoms with Crippen LogP contribution in [-0.2, 0) is 11.3 Å². The number of carbonyl (C=O) groups excluding carboxylic acids is 2. The maximum Gasteiger partial charge on any atom is 0.239 e. The molecule has 0 unspecified atom stereocenters. The fourth-order valence-electron chi connectivity index (χ4n) is 3.07. The first kappa shape index (κ1) is 20.0. The third kappa shape index (κ3) is 3.66. The van der Waals surface area contributed by atoms with E-state index in [9.17, 15) is 9.59 Å². The highest BCUT2D eigenvalue weighted by Gasteiger charge is 2.23. The molecule has 0 radical (unpaired) electrons. The van der Waals surface area contributed by atoms with Crippen LogP contribution in [0.1, 0.15) is 16.1 Å². The van der Waals surface area contributed by atoms with E-state index < -0.39 is 5.91 Å². The van der Waals surface area contributed by atoms with Crippen LogP contribution in [0.2, 0.25) is 0 Å². The number of aromatic nitrogens is 2. The molecule has 2 N–H and O–H groups in total. The van der Waals surface area contributed by atoms with Crippen LogP contribution in [0.15, 0.2) is 30.3 Å². The van der Waals surface area contributed by atoms with Gasteiger partial charge in [0.15, 0.2) is 11.5 Å². The Bertz CT molecular complexity index is 1060. The molecule has 3 rings (SSSR count). The zero-order valence-electron chi connectivity index (χ0n) is 16.5. The molecule has 9 heteroatoms. The van der Waals surface area contributed by atoms with Crippen LogP contribution in [0.5, 0.6) is 23.0 Å². The topological polar surface area (TPSA) is 115 Å². The minimum atomic E-state index is -0.580. The molecule has 0 bridgehead atoms. The minimum Gasteiger partial charge on any atom is -0.497 e. The van der Waals surface area contributed by atoms with Gasteiger partial charge in [-0.2, -0.15) is 5.10 Å². The van der Waals surface area contributed by atoms with Gasteiger partial charge in [0, 0.05) is 17.0 Å². The van der Waals surface area contributed by atoms with E-state index in [0.29, 0.717) is 39.5 Å². The van der Waals surface area contributed by atoms with Crippen LogP contribution in [0.4, 0.5) is 0 Å². The summed E-state index contributed by atoms with van der Waals surface area (Å²) in [6, 6.07) is 8.21. The summed E-state index contributed by atoms with van der Waals surface area (Å²) in [5, 5.41) is 4.89. The number of benzene rings is 2. The van der Waals surface area contributed by atoms with E-state index >= 15 is 0 Å². The predicted molar refractivity (Wildman–Crippen MR) is 105 cm³/mol. The molecule has 0 aliphatic carbocycles. The van der Waals surface area contributed by atoms with E-state index in [-0.39, 0.29) is 18.0 Å². The maximum atomic E-state index is 13.3. The molecule has 1 aromatic heterocycles. The van der Waals surface area contributed by atoms with Gasteiger partial charge in [0.25, 0.3) is 0 Å². The van der Waals surface area contributed by atoms with Gasteiger partial charge >= 0.3 is 0 Å². The van der Waals surface area contributed by atoms with Gasteiger partial charge < -0.3 is 24.7 Å². The summed E-state index contributed by atoms with van der Waals surface area (Å²) >= 11 is 0. The highest BCUT2D eigenvalue weighted by atomic mass is 16.5. The van der Waals surface area contributed by atoms with Gasteiger partial charge in [0.1, 0.15) is 18.0 Å². The van der Waals surface area contributed by atoms with Crippen molar-refractivity contribution in [3.8, 4) is 23.0 Å². The van der Waals surface area contributed by atoms with Gasteiger partial charge in [-0.25, -0.2) is 0 Å². The molecule has 9 nitrogen and oxygen atoms in total. The van der Waals surface area contributed by atoms with Gasteiger partial charge in [-0.1, -0.05) is 0 Å². The lowest BCUT2D eigenvalue weighted by atomic mass is 10.0. The van der Waals surface area contributed by atoms with Gasteiger partial charge in [0.2, 0.25) is 17.4 Å².